The largest absolute Gasteiger partial charge is 0.497 e. The zero-order chi connectivity index (χ0) is 23.5. The molecule has 4 rings (SSSR count). The number of carbonyl (C=O) groups excluding carboxylic acids is 1. The van der Waals surface area contributed by atoms with E-state index >= 15 is 0 Å². The monoisotopic (exact) mass is 464 g/mol. The number of benzene rings is 1. The molecule has 3 aromatic rings. The molecule has 0 unspecified atom stereocenters. The van der Waals surface area contributed by atoms with Crippen molar-refractivity contribution < 1.29 is 14.3 Å². The van der Waals surface area contributed by atoms with Crippen LogP contribution >= 0.6 is 12.2 Å². The molecular weight excluding hydrogens is 436 g/mol. The van der Waals surface area contributed by atoms with E-state index in [2.05, 4.69) is 40.8 Å². The Morgan fingerprint density at radius 1 is 1.18 bits per heavy atom. The SMILES string of the molecule is CCOC(=O)CN1C(=S)N[C@@H](c2ccccn2)[C@@H]1c1cc(C)n(-c2cccc(OC)c2)c1C. The van der Waals surface area contributed by atoms with Crippen LogP contribution < -0.4 is 10.1 Å². The van der Waals surface area contributed by atoms with E-state index in [1.165, 1.54) is 0 Å². The number of pyridine rings is 1. The number of carbonyl (C=O) groups is 1. The zero-order valence-corrected chi connectivity index (χ0v) is 20.1. The number of nitrogens with zero attached hydrogens (tertiary/aromatic N) is 3. The maximum atomic E-state index is 12.4. The van der Waals surface area contributed by atoms with E-state index in [0.717, 1.165) is 34.1 Å². The van der Waals surface area contributed by atoms with Crippen LogP contribution in [0.2, 0.25) is 0 Å². The maximum Gasteiger partial charge on any atom is 0.325 e. The first kappa shape index (κ1) is 22.8. The summed E-state index contributed by atoms with van der Waals surface area (Å²) < 4.78 is 12.8. The number of esters is 1. The number of methoxy groups -OCH3 is 1. The quantitative estimate of drug-likeness (QED) is 0.418. The second-order valence-electron chi connectivity index (χ2n) is 7.92. The van der Waals surface area contributed by atoms with E-state index in [9.17, 15) is 4.79 Å². The Morgan fingerprint density at radius 2 is 2.00 bits per heavy atom. The van der Waals surface area contributed by atoms with Crippen LogP contribution in [-0.4, -0.2) is 45.8 Å². The third kappa shape index (κ3) is 4.43. The molecule has 0 spiro atoms. The van der Waals surface area contributed by atoms with Gasteiger partial charge in [0.1, 0.15) is 12.3 Å². The Labute approximate surface area is 199 Å². The van der Waals surface area contributed by atoms with Crippen molar-refractivity contribution >= 4 is 23.3 Å². The first-order valence-corrected chi connectivity index (χ1v) is 11.3. The van der Waals surface area contributed by atoms with Crippen molar-refractivity contribution in [2.45, 2.75) is 32.9 Å². The van der Waals surface area contributed by atoms with Crippen molar-refractivity contribution in [3.63, 3.8) is 0 Å². The number of hydrogen-bond acceptors (Lipinski definition) is 5. The molecule has 8 heteroatoms. The summed E-state index contributed by atoms with van der Waals surface area (Å²) in [6, 6.07) is 15.5. The van der Waals surface area contributed by atoms with E-state index < -0.39 is 0 Å². The maximum absolute atomic E-state index is 12.4. The molecule has 0 saturated carbocycles. The standard InChI is InChI=1S/C25H28N4O3S/c1-5-32-22(30)15-28-24(23(27-25(28)33)21-11-6-7-12-26-21)20-13-16(2)29(17(20)3)18-9-8-10-19(14-18)31-4/h6-14,23-24H,5,15H2,1-4H3,(H,27,33)/t23-,24-/m0/s1. The minimum Gasteiger partial charge on any atom is -0.497 e. The number of aromatic nitrogens is 2. The highest BCUT2D eigenvalue weighted by Crippen LogP contribution is 2.41. The molecule has 0 radical (unpaired) electrons. The highest BCUT2D eigenvalue weighted by molar-refractivity contribution is 7.80. The minimum absolute atomic E-state index is 0.0660. The molecule has 172 valence electrons. The average molecular weight is 465 g/mol. The van der Waals surface area contributed by atoms with E-state index in [4.69, 9.17) is 21.7 Å². The second kappa shape index (κ2) is 9.62. The number of nitrogens with one attached hydrogen (secondary N) is 1. The topological polar surface area (TPSA) is 68.6 Å². The van der Waals surface area contributed by atoms with Gasteiger partial charge in [0.15, 0.2) is 5.11 Å². The third-order valence-electron chi connectivity index (χ3n) is 5.90. The van der Waals surface area contributed by atoms with Crippen LogP contribution in [0.4, 0.5) is 0 Å². The summed E-state index contributed by atoms with van der Waals surface area (Å²) in [6.07, 6.45) is 1.77. The minimum atomic E-state index is -0.310. The lowest BCUT2D eigenvalue weighted by molar-refractivity contribution is -0.143. The molecule has 1 aliphatic rings. The number of aryl methyl sites for hydroxylation is 1. The number of thiocarbonyl (C=S) groups is 1. The van der Waals surface area contributed by atoms with E-state index in [1.807, 2.05) is 41.3 Å². The molecule has 33 heavy (non-hydrogen) atoms. The third-order valence-corrected chi connectivity index (χ3v) is 6.26. The predicted molar refractivity (Wildman–Crippen MR) is 131 cm³/mol. The fourth-order valence-electron chi connectivity index (χ4n) is 4.49. The summed E-state index contributed by atoms with van der Waals surface area (Å²) in [5.74, 6) is 0.482. The number of rotatable bonds is 7. The number of ether oxygens (including phenoxy) is 2. The predicted octanol–water partition coefficient (Wildman–Crippen LogP) is 4.03. The van der Waals surface area contributed by atoms with Gasteiger partial charge in [-0.15, -0.1) is 0 Å². The normalized spacial score (nSPS) is 17.7. The van der Waals surface area contributed by atoms with Crippen LogP contribution in [0.25, 0.3) is 5.69 Å². The van der Waals surface area contributed by atoms with Crippen molar-refractivity contribution in [3.8, 4) is 11.4 Å². The molecule has 0 aliphatic carbocycles. The summed E-state index contributed by atoms with van der Waals surface area (Å²) in [4.78, 5) is 18.9. The van der Waals surface area contributed by atoms with E-state index in [-0.39, 0.29) is 24.6 Å². The molecule has 0 amide bonds. The van der Waals surface area contributed by atoms with Gasteiger partial charge >= 0.3 is 5.97 Å². The van der Waals surface area contributed by atoms with Gasteiger partial charge in [-0.1, -0.05) is 12.1 Å². The molecule has 1 N–H and O–H groups in total. The molecular formula is C25H28N4O3S. The van der Waals surface area contributed by atoms with Crippen molar-refractivity contribution in [2.75, 3.05) is 20.3 Å². The molecule has 3 heterocycles. The fraction of sp³-hybridized carbons (Fsp3) is 0.320. The van der Waals surface area contributed by atoms with Crippen LogP contribution in [0.1, 0.15) is 41.7 Å². The van der Waals surface area contributed by atoms with Crippen molar-refractivity contribution in [3.05, 3.63) is 77.4 Å². The Morgan fingerprint density at radius 3 is 2.70 bits per heavy atom. The van der Waals surface area contributed by atoms with Crippen LogP contribution in [-0.2, 0) is 9.53 Å². The van der Waals surface area contributed by atoms with Gasteiger partial charge in [0.2, 0.25) is 0 Å². The van der Waals surface area contributed by atoms with Crippen LogP contribution in [0.5, 0.6) is 5.75 Å². The van der Waals surface area contributed by atoms with Gasteiger partial charge in [-0.25, -0.2) is 0 Å². The summed E-state index contributed by atoms with van der Waals surface area (Å²) >= 11 is 5.66. The Bertz CT molecular complexity index is 1160. The fourth-order valence-corrected chi connectivity index (χ4v) is 4.80. The molecule has 1 aromatic carbocycles. The first-order valence-electron chi connectivity index (χ1n) is 10.9. The molecule has 1 saturated heterocycles. The molecule has 1 fully saturated rings. The van der Waals surface area contributed by atoms with Gasteiger partial charge < -0.3 is 24.3 Å². The van der Waals surface area contributed by atoms with Crippen molar-refractivity contribution in [2.24, 2.45) is 0 Å². The lowest BCUT2D eigenvalue weighted by atomic mass is 9.97. The highest BCUT2D eigenvalue weighted by Gasteiger charge is 2.42. The van der Waals surface area contributed by atoms with E-state index in [1.54, 1.807) is 20.2 Å². The van der Waals surface area contributed by atoms with Crippen LogP contribution in [0.15, 0.2) is 54.7 Å². The Balaban J connectivity index is 1.81. The van der Waals surface area contributed by atoms with Crippen molar-refractivity contribution in [1.82, 2.24) is 19.8 Å². The Kier molecular flexibility index (Phi) is 6.65. The smallest absolute Gasteiger partial charge is 0.325 e. The first-order chi connectivity index (χ1) is 15.9. The second-order valence-corrected chi connectivity index (χ2v) is 8.31. The molecule has 2 aromatic heterocycles. The molecule has 1 aliphatic heterocycles. The molecule has 2 atom stereocenters. The highest BCUT2D eigenvalue weighted by atomic mass is 32.1. The van der Waals surface area contributed by atoms with Gasteiger partial charge in [-0.2, -0.15) is 0 Å². The summed E-state index contributed by atoms with van der Waals surface area (Å²) in [5.41, 5.74) is 5.08. The molecule has 0 bridgehead atoms. The average Bonchev–Trinajstić information content (AvgIpc) is 3.29. The van der Waals surface area contributed by atoms with Gasteiger partial charge in [-0.05, 0) is 68.9 Å². The van der Waals surface area contributed by atoms with Gasteiger partial charge in [0.05, 0.1) is 31.5 Å². The zero-order valence-electron chi connectivity index (χ0n) is 19.2. The summed E-state index contributed by atoms with van der Waals surface area (Å²) in [7, 11) is 1.66. The lowest BCUT2D eigenvalue weighted by Crippen LogP contribution is -2.35. The summed E-state index contributed by atoms with van der Waals surface area (Å²) in [5, 5.41) is 3.90. The van der Waals surface area contributed by atoms with E-state index in [0.29, 0.717) is 11.7 Å². The molecule has 7 nitrogen and oxygen atoms in total. The Hall–Kier alpha value is -3.39. The number of hydrogen-bond donors (Lipinski definition) is 1. The lowest BCUT2D eigenvalue weighted by Gasteiger charge is -2.27. The van der Waals surface area contributed by atoms with Crippen LogP contribution in [0.3, 0.4) is 0 Å². The van der Waals surface area contributed by atoms with Crippen molar-refractivity contribution in [1.29, 1.82) is 0 Å². The summed E-state index contributed by atoms with van der Waals surface area (Å²) in [6.45, 7) is 6.35. The van der Waals surface area contributed by atoms with Gasteiger partial charge in [0, 0.05) is 29.3 Å². The van der Waals surface area contributed by atoms with Crippen LogP contribution in [0, 0.1) is 13.8 Å². The van der Waals surface area contributed by atoms with Gasteiger partial charge in [-0.3, -0.25) is 9.78 Å². The van der Waals surface area contributed by atoms with Gasteiger partial charge in [0.25, 0.3) is 0 Å².